The van der Waals surface area contributed by atoms with Gasteiger partial charge in [0, 0.05) is 0 Å². The summed E-state index contributed by atoms with van der Waals surface area (Å²) < 4.78 is 13.1. The zero-order chi connectivity index (χ0) is 11.9. The van der Waals surface area contributed by atoms with Gasteiger partial charge in [-0.2, -0.15) is 0 Å². The monoisotopic (exact) mass is 217 g/mol. The Morgan fingerprint density at radius 1 is 1.44 bits per heavy atom. The summed E-state index contributed by atoms with van der Waals surface area (Å²) in [6.45, 7) is 1.65. The van der Waals surface area contributed by atoms with Gasteiger partial charge in [-0.25, -0.2) is 4.39 Å². The number of benzene rings is 1. The summed E-state index contributed by atoms with van der Waals surface area (Å²) >= 11 is 0. The first kappa shape index (κ1) is 10.4. The lowest BCUT2D eigenvalue weighted by Crippen LogP contribution is -2.30. The molecule has 0 N–H and O–H groups in total. The van der Waals surface area contributed by atoms with E-state index in [4.69, 9.17) is 6.42 Å². The van der Waals surface area contributed by atoms with Crippen molar-refractivity contribution in [1.82, 2.24) is 0 Å². The number of rotatable bonds is 1. The van der Waals surface area contributed by atoms with E-state index in [0.29, 0.717) is 11.3 Å². The van der Waals surface area contributed by atoms with Crippen LogP contribution in [-0.4, -0.2) is 18.2 Å². The van der Waals surface area contributed by atoms with Crippen LogP contribution in [0.15, 0.2) is 12.1 Å². The summed E-state index contributed by atoms with van der Waals surface area (Å²) in [7, 11) is 0. The van der Waals surface area contributed by atoms with Crippen LogP contribution < -0.4 is 4.90 Å². The lowest BCUT2D eigenvalue weighted by atomic mass is 10.1. The Bertz CT molecular complexity index is 543. The van der Waals surface area contributed by atoms with Crippen molar-refractivity contribution in [1.29, 1.82) is 0 Å². The van der Waals surface area contributed by atoms with E-state index in [-0.39, 0.29) is 12.1 Å². The third-order valence-electron chi connectivity index (χ3n) is 2.47. The highest BCUT2D eigenvalue weighted by molar-refractivity contribution is 6.52. The molecule has 1 aliphatic heterocycles. The van der Waals surface area contributed by atoms with Gasteiger partial charge in [0.15, 0.2) is 0 Å². The number of fused-ring (bicyclic) bond motifs is 1. The largest absolute Gasteiger partial charge is 0.300 e. The Morgan fingerprint density at radius 3 is 2.75 bits per heavy atom. The molecule has 0 saturated heterocycles. The van der Waals surface area contributed by atoms with Crippen molar-refractivity contribution < 1.29 is 14.0 Å². The smallest absolute Gasteiger partial charge is 0.293 e. The molecule has 0 saturated carbocycles. The highest BCUT2D eigenvalue weighted by Crippen LogP contribution is 2.32. The molecule has 0 radical (unpaired) electrons. The summed E-state index contributed by atoms with van der Waals surface area (Å²) in [5.74, 6) is 0.381. The van der Waals surface area contributed by atoms with Crippen LogP contribution in [0.2, 0.25) is 0 Å². The molecule has 2 rings (SSSR count). The number of ketones is 1. The maximum absolute atomic E-state index is 13.1. The number of carbonyl (C=O) groups is 2. The van der Waals surface area contributed by atoms with Crippen LogP contribution in [0.3, 0.4) is 0 Å². The van der Waals surface area contributed by atoms with Crippen molar-refractivity contribution in [2.75, 3.05) is 11.4 Å². The number of anilines is 1. The summed E-state index contributed by atoms with van der Waals surface area (Å²) in [6, 6.07) is 2.34. The topological polar surface area (TPSA) is 37.4 Å². The number of halogens is 1. The molecular weight excluding hydrogens is 209 g/mol. The van der Waals surface area contributed by atoms with Crippen LogP contribution in [0.5, 0.6) is 0 Å². The van der Waals surface area contributed by atoms with Gasteiger partial charge in [0.05, 0.1) is 17.8 Å². The van der Waals surface area contributed by atoms with E-state index >= 15 is 0 Å². The highest BCUT2D eigenvalue weighted by atomic mass is 19.1. The van der Waals surface area contributed by atoms with Crippen LogP contribution in [0.25, 0.3) is 0 Å². The molecule has 1 aromatic rings. The predicted molar refractivity (Wildman–Crippen MR) is 56.7 cm³/mol. The Balaban J connectivity index is 2.66. The molecule has 0 spiro atoms. The van der Waals surface area contributed by atoms with Gasteiger partial charge in [-0.1, -0.05) is 5.92 Å². The van der Waals surface area contributed by atoms with Crippen LogP contribution >= 0.6 is 0 Å². The fourth-order valence-corrected chi connectivity index (χ4v) is 1.85. The van der Waals surface area contributed by atoms with E-state index in [1.54, 1.807) is 6.92 Å². The molecule has 3 nitrogen and oxygen atoms in total. The molecule has 0 aliphatic carbocycles. The van der Waals surface area contributed by atoms with Gasteiger partial charge in [0.25, 0.3) is 11.7 Å². The van der Waals surface area contributed by atoms with E-state index in [2.05, 4.69) is 5.92 Å². The second kappa shape index (κ2) is 3.46. The number of nitrogens with zero attached hydrogens (tertiary/aromatic N) is 1. The first-order valence-electron chi connectivity index (χ1n) is 4.66. The average Bonchev–Trinajstić information content (AvgIpc) is 2.44. The standard InChI is InChI=1S/C12H8FNO2/c1-3-4-14-10-7(2)5-8(13)6-9(10)11(15)12(14)16/h1,5-6H,4H2,2H3. The quantitative estimate of drug-likeness (QED) is 0.525. The number of hydrogen-bond acceptors (Lipinski definition) is 2. The molecule has 0 bridgehead atoms. The molecule has 1 aliphatic rings. The summed E-state index contributed by atoms with van der Waals surface area (Å²) in [4.78, 5) is 24.3. The summed E-state index contributed by atoms with van der Waals surface area (Å²) in [6.07, 6.45) is 5.12. The van der Waals surface area contributed by atoms with Crippen molar-refractivity contribution in [3.8, 4) is 12.3 Å². The van der Waals surface area contributed by atoms with Gasteiger partial charge >= 0.3 is 0 Å². The fraction of sp³-hybridized carbons (Fsp3) is 0.167. The van der Waals surface area contributed by atoms with E-state index in [9.17, 15) is 14.0 Å². The van der Waals surface area contributed by atoms with Crippen LogP contribution in [0.1, 0.15) is 15.9 Å². The first-order chi connectivity index (χ1) is 7.56. The Morgan fingerprint density at radius 2 is 2.12 bits per heavy atom. The van der Waals surface area contributed by atoms with Crippen molar-refractivity contribution in [3.05, 3.63) is 29.1 Å². The van der Waals surface area contributed by atoms with Gasteiger partial charge in [0.2, 0.25) is 0 Å². The summed E-state index contributed by atoms with van der Waals surface area (Å²) in [5.41, 5.74) is 1.05. The first-order valence-corrected chi connectivity index (χ1v) is 4.66. The fourth-order valence-electron chi connectivity index (χ4n) is 1.85. The SMILES string of the molecule is C#CCN1C(=O)C(=O)c2cc(F)cc(C)c21. The maximum atomic E-state index is 13.1. The molecule has 16 heavy (non-hydrogen) atoms. The zero-order valence-electron chi connectivity index (χ0n) is 8.58. The maximum Gasteiger partial charge on any atom is 0.300 e. The van der Waals surface area contributed by atoms with Crippen LogP contribution in [0, 0.1) is 25.1 Å². The second-order valence-corrected chi connectivity index (χ2v) is 3.54. The lowest BCUT2D eigenvalue weighted by molar-refractivity contribution is -0.114. The number of Topliss-reactive ketones (excluding diaryl/α,β-unsaturated/α-hetero) is 1. The average molecular weight is 217 g/mol. The number of amides is 1. The van der Waals surface area contributed by atoms with E-state index in [1.807, 2.05) is 0 Å². The third-order valence-corrected chi connectivity index (χ3v) is 2.47. The van der Waals surface area contributed by atoms with Crippen molar-refractivity contribution in [2.45, 2.75) is 6.92 Å². The Labute approximate surface area is 91.9 Å². The van der Waals surface area contributed by atoms with Gasteiger partial charge in [-0.3, -0.25) is 14.5 Å². The molecule has 0 atom stereocenters. The van der Waals surface area contributed by atoms with Gasteiger partial charge in [-0.05, 0) is 24.6 Å². The highest BCUT2D eigenvalue weighted by Gasteiger charge is 2.36. The van der Waals surface area contributed by atoms with Gasteiger partial charge in [0.1, 0.15) is 5.82 Å². The molecule has 1 aromatic carbocycles. The third kappa shape index (κ3) is 1.29. The Kier molecular flexibility index (Phi) is 2.24. The minimum atomic E-state index is -0.701. The molecular formula is C12H8FNO2. The molecule has 0 fully saturated rings. The molecule has 4 heteroatoms. The number of hydrogen-bond donors (Lipinski definition) is 0. The molecule has 1 heterocycles. The van der Waals surface area contributed by atoms with E-state index in [0.717, 1.165) is 6.07 Å². The van der Waals surface area contributed by atoms with Crippen LogP contribution in [0.4, 0.5) is 10.1 Å². The van der Waals surface area contributed by atoms with Crippen molar-refractivity contribution >= 4 is 17.4 Å². The predicted octanol–water partition coefficient (Wildman–Crippen LogP) is 1.30. The summed E-state index contributed by atoms with van der Waals surface area (Å²) in [5, 5.41) is 0. The molecule has 0 aromatic heterocycles. The minimum Gasteiger partial charge on any atom is -0.293 e. The van der Waals surface area contributed by atoms with Crippen molar-refractivity contribution in [3.63, 3.8) is 0 Å². The normalized spacial score (nSPS) is 13.9. The molecule has 80 valence electrons. The second-order valence-electron chi connectivity index (χ2n) is 3.54. The Hall–Kier alpha value is -2.15. The van der Waals surface area contributed by atoms with Crippen molar-refractivity contribution in [2.24, 2.45) is 0 Å². The zero-order valence-corrected chi connectivity index (χ0v) is 8.58. The number of carbonyl (C=O) groups excluding carboxylic acids is 2. The van der Waals surface area contributed by atoms with Gasteiger partial charge < -0.3 is 0 Å². The minimum absolute atomic E-state index is 0.0179. The molecule has 1 amide bonds. The van der Waals surface area contributed by atoms with E-state index < -0.39 is 17.5 Å². The van der Waals surface area contributed by atoms with E-state index in [1.165, 1.54) is 11.0 Å². The number of terminal acetylenes is 1. The molecule has 0 unspecified atom stereocenters. The lowest BCUT2D eigenvalue weighted by Gasteiger charge is -2.14. The van der Waals surface area contributed by atoms with Gasteiger partial charge in [-0.15, -0.1) is 6.42 Å². The van der Waals surface area contributed by atoms with Crippen LogP contribution in [-0.2, 0) is 4.79 Å². The number of aryl methyl sites for hydroxylation is 1.